The van der Waals surface area contributed by atoms with E-state index < -0.39 is 0 Å². The Morgan fingerprint density at radius 3 is 1.39 bits per heavy atom. The minimum atomic E-state index is -0.222. The van der Waals surface area contributed by atoms with Crippen LogP contribution in [0.5, 0.6) is 0 Å². The highest BCUT2D eigenvalue weighted by Gasteiger charge is 2.34. The van der Waals surface area contributed by atoms with E-state index in [1.54, 1.807) is 0 Å². The van der Waals surface area contributed by atoms with Crippen molar-refractivity contribution in [3.63, 3.8) is 0 Å². The smallest absolute Gasteiger partial charge is 0.0671 e. The number of hydrogen-bond donors (Lipinski definition) is 0. The Balaban J connectivity index is 1.70. The van der Waals surface area contributed by atoms with Gasteiger partial charge in [-0.3, -0.25) is 0 Å². The number of nitrogens with zero attached hydrogens (tertiary/aromatic N) is 1. The summed E-state index contributed by atoms with van der Waals surface area (Å²) >= 11 is 0. The first kappa shape index (κ1) is 24.1. The summed E-state index contributed by atoms with van der Waals surface area (Å²) in [7, 11) is 0. The maximum Gasteiger partial charge on any atom is 0.0671 e. The number of anilines is 2. The summed E-state index contributed by atoms with van der Waals surface area (Å²) in [4.78, 5) is 2.55. The molecule has 1 heteroatoms. The second kappa shape index (κ2) is 9.47. The predicted molar refractivity (Wildman–Crippen MR) is 157 cm³/mol. The fourth-order valence-electron chi connectivity index (χ4n) is 5.33. The number of hydrogen-bond acceptors (Lipinski definition) is 1. The van der Waals surface area contributed by atoms with Gasteiger partial charge in [-0.15, -0.1) is 0 Å². The molecule has 1 nitrogen and oxygen atoms in total. The first-order valence-electron chi connectivity index (χ1n) is 13.2. The number of rotatable bonds is 7. The fraction of sp³-hybridized carbons (Fsp3) is 0.257. The van der Waals surface area contributed by atoms with Gasteiger partial charge in [-0.1, -0.05) is 113 Å². The van der Waals surface area contributed by atoms with Gasteiger partial charge in [0.25, 0.3) is 0 Å². The lowest BCUT2D eigenvalue weighted by atomic mass is 9.79. The lowest BCUT2D eigenvalue weighted by Gasteiger charge is -2.43. The van der Waals surface area contributed by atoms with Crippen LogP contribution in [0.25, 0.3) is 21.5 Å². The zero-order valence-corrected chi connectivity index (χ0v) is 22.3. The summed E-state index contributed by atoms with van der Waals surface area (Å²) in [5, 5.41) is 5.06. The van der Waals surface area contributed by atoms with Crippen LogP contribution in [-0.2, 0) is 11.0 Å². The van der Waals surface area contributed by atoms with Crippen LogP contribution in [0.1, 0.15) is 58.6 Å². The Morgan fingerprint density at radius 2 is 0.944 bits per heavy atom. The predicted octanol–water partition coefficient (Wildman–Crippen LogP) is 10.1. The minimum absolute atomic E-state index is 0.178. The van der Waals surface area contributed by atoms with E-state index in [9.17, 15) is 0 Å². The average Bonchev–Trinajstić information content (AvgIpc) is 2.93. The molecule has 5 aromatic rings. The van der Waals surface area contributed by atoms with Crippen molar-refractivity contribution in [1.82, 2.24) is 0 Å². The van der Waals surface area contributed by atoms with E-state index in [1.165, 1.54) is 44.0 Å². The van der Waals surface area contributed by atoms with Crippen molar-refractivity contribution in [2.24, 2.45) is 0 Å². The average molecular weight is 472 g/mol. The van der Waals surface area contributed by atoms with E-state index in [1.807, 2.05) is 0 Å². The summed E-state index contributed by atoms with van der Waals surface area (Å²) in [6.45, 7) is 11.6. The van der Waals surface area contributed by atoms with Gasteiger partial charge >= 0.3 is 0 Å². The lowest BCUT2D eigenvalue weighted by molar-refractivity contribution is 0.462. The van der Waals surface area contributed by atoms with Crippen LogP contribution in [0.15, 0.2) is 109 Å². The molecule has 5 rings (SSSR count). The van der Waals surface area contributed by atoms with E-state index in [2.05, 4.69) is 149 Å². The van der Waals surface area contributed by atoms with E-state index >= 15 is 0 Å². The molecular formula is C35H37N. The molecule has 1 atom stereocenters. The second-order valence-electron chi connectivity index (χ2n) is 10.8. The highest BCUT2D eigenvalue weighted by Crippen LogP contribution is 2.44. The van der Waals surface area contributed by atoms with Gasteiger partial charge < -0.3 is 4.90 Å². The minimum Gasteiger partial charge on any atom is -0.331 e. The van der Waals surface area contributed by atoms with Gasteiger partial charge in [-0.05, 0) is 82.1 Å². The molecule has 5 aromatic carbocycles. The first-order chi connectivity index (χ1) is 17.4. The molecule has 0 saturated heterocycles. The zero-order valence-electron chi connectivity index (χ0n) is 22.3. The van der Waals surface area contributed by atoms with Gasteiger partial charge in [0.2, 0.25) is 0 Å². The molecule has 0 N–H and O–H groups in total. The Hall–Kier alpha value is -3.58. The molecule has 0 bridgehead atoms. The highest BCUT2D eigenvalue weighted by atomic mass is 15.2. The van der Waals surface area contributed by atoms with Gasteiger partial charge in [0.05, 0.1) is 5.54 Å². The maximum atomic E-state index is 2.55. The molecule has 0 fully saturated rings. The molecule has 0 aromatic heterocycles. The molecule has 0 amide bonds. The molecular weight excluding hydrogens is 434 g/mol. The largest absolute Gasteiger partial charge is 0.331 e. The van der Waals surface area contributed by atoms with E-state index in [0.717, 1.165) is 12.8 Å². The van der Waals surface area contributed by atoms with Crippen molar-refractivity contribution in [2.45, 2.75) is 58.4 Å². The molecule has 0 heterocycles. The van der Waals surface area contributed by atoms with Crippen LogP contribution in [0.4, 0.5) is 11.4 Å². The zero-order chi connectivity index (χ0) is 25.3. The Kier molecular flexibility index (Phi) is 6.35. The van der Waals surface area contributed by atoms with Crippen LogP contribution in [0.2, 0.25) is 0 Å². The van der Waals surface area contributed by atoms with Gasteiger partial charge in [0, 0.05) is 11.4 Å². The summed E-state index contributed by atoms with van der Waals surface area (Å²) in [5.74, 6) is 0. The summed E-state index contributed by atoms with van der Waals surface area (Å²) in [6.07, 6.45) is 2.10. The van der Waals surface area contributed by atoms with E-state index in [0.29, 0.717) is 0 Å². The summed E-state index contributed by atoms with van der Waals surface area (Å²) in [6, 6.07) is 40.4. The second-order valence-corrected chi connectivity index (χ2v) is 10.8. The highest BCUT2D eigenvalue weighted by molar-refractivity contribution is 5.90. The molecule has 0 radical (unpaired) electrons. The van der Waals surface area contributed by atoms with Crippen LogP contribution < -0.4 is 4.90 Å². The molecule has 182 valence electrons. The van der Waals surface area contributed by atoms with E-state index in [4.69, 9.17) is 0 Å². The third-order valence-electron chi connectivity index (χ3n) is 8.34. The third-order valence-corrected chi connectivity index (χ3v) is 8.34. The van der Waals surface area contributed by atoms with Gasteiger partial charge in [-0.2, -0.15) is 0 Å². The van der Waals surface area contributed by atoms with Crippen molar-refractivity contribution in [1.29, 1.82) is 0 Å². The number of fused-ring (bicyclic) bond motifs is 2. The Bertz CT molecular complexity index is 1420. The first-order valence-corrected chi connectivity index (χ1v) is 13.2. The number of benzene rings is 5. The topological polar surface area (TPSA) is 3.24 Å². The lowest BCUT2D eigenvalue weighted by Crippen LogP contribution is -2.40. The molecule has 0 aliphatic heterocycles. The molecule has 0 spiro atoms. The molecule has 0 aliphatic rings. The van der Waals surface area contributed by atoms with Crippen LogP contribution >= 0.6 is 0 Å². The standard InChI is InChI=1S/C35H37N/c1-6-34(3,4)30-18-20-31(21-19-30)35(5,7-2)36(32-22-16-26-12-8-10-14-28(26)24-32)33-23-17-27-13-9-11-15-29(27)25-33/h8-25H,6-7H2,1-5H3. The van der Waals surface area contributed by atoms with Gasteiger partial charge in [0.1, 0.15) is 0 Å². The van der Waals surface area contributed by atoms with E-state index in [-0.39, 0.29) is 11.0 Å². The molecule has 36 heavy (non-hydrogen) atoms. The molecule has 1 unspecified atom stereocenters. The quantitative estimate of drug-likeness (QED) is 0.228. The van der Waals surface area contributed by atoms with Crippen LogP contribution in [-0.4, -0.2) is 0 Å². The van der Waals surface area contributed by atoms with Crippen molar-refractivity contribution in [3.8, 4) is 0 Å². The van der Waals surface area contributed by atoms with Gasteiger partial charge in [-0.25, -0.2) is 0 Å². The van der Waals surface area contributed by atoms with Crippen LogP contribution in [0, 0.1) is 0 Å². The van der Waals surface area contributed by atoms with Gasteiger partial charge in [0.15, 0.2) is 0 Å². The SMILES string of the molecule is CCC(C)(C)c1ccc(C(C)(CC)N(c2ccc3ccccc3c2)c2ccc3ccccc3c2)cc1. The van der Waals surface area contributed by atoms with Crippen molar-refractivity contribution in [3.05, 3.63) is 120 Å². The summed E-state index contributed by atoms with van der Waals surface area (Å²) < 4.78 is 0. The fourth-order valence-corrected chi connectivity index (χ4v) is 5.33. The van der Waals surface area contributed by atoms with Crippen molar-refractivity contribution in [2.75, 3.05) is 4.90 Å². The molecule has 0 saturated carbocycles. The summed E-state index contributed by atoms with van der Waals surface area (Å²) in [5.41, 5.74) is 5.12. The monoisotopic (exact) mass is 471 g/mol. The normalized spacial score (nSPS) is 13.6. The molecule has 0 aliphatic carbocycles. The Labute approximate surface area is 216 Å². The van der Waals surface area contributed by atoms with Crippen molar-refractivity contribution < 1.29 is 0 Å². The Morgan fingerprint density at radius 1 is 0.500 bits per heavy atom. The maximum absolute atomic E-state index is 2.55. The third kappa shape index (κ3) is 4.28. The van der Waals surface area contributed by atoms with Crippen LogP contribution in [0.3, 0.4) is 0 Å². The van der Waals surface area contributed by atoms with Crippen molar-refractivity contribution >= 4 is 32.9 Å².